The molecule has 0 aromatic heterocycles. The highest BCUT2D eigenvalue weighted by Gasteiger charge is 2.18. The van der Waals surface area contributed by atoms with E-state index in [0.29, 0.717) is 0 Å². The summed E-state index contributed by atoms with van der Waals surface area (Å²) >= 11 is 1.95. The molecular weight excluding hydrogens is 180 g/mol. The van der Waals surface area contributed by atoms with E-state index < -0.39 is 0 Å². The normalized spacial score (nSPS) is 23.8. The van der Waals surface area contributed by atoms with Gasteiger partial charge in [-0.3, -0.25) is 4.90 Å². The van der Waals surface area contributed by atoms with Gasteiger partial charge in [0.25, 0.3) is 0 Å². The van der Waals surface area contributed by atoms with Crippen LogP contribution in [0, 0.1) is 0 Å². The predicted molar refractivity (Wildman–Crippen MR) is 61.5 cm³/mol. The predicted octanol–water partition coefficient (Wildman–Crippen LogP) is 1.42. The van der Waals surface area contributed by atoms with Crippen LogP contribution in [0.15, 0.2) is 0 Å². The van der Waals surface area contributed by atoms with Crippen LogP contribution in [0.5, 0.6) is 0 Å². The first kappa shape index (κ1) is 11.3. The molecule has 0 aromatic carbocycles. The number of hydrogen-bond donors (Lipinski definition) is 1. The maximum atomic E-state index is 3.48. The zero-order valence-electron chi connectivity index (χ0n) is 8.88. The molecule has 0 bridgehead atoms. The van der Waals surface area contributed by atoms with Crippen molar-refractivity contribution >= 4 is 11.8 Å². The maximum Gasteiger partial charge on any atom is 0.0221 e. The second kappa shape index (κ2) is 6.68. The molecule has 1 aliphatic rings. The largest absolute Gasteiger partial charge is 0.315 e. The van der Waals surface area contributed by atoms with E-state index in [1.165, 1.54) is 44.8 Å². The molecule has 0 radical (unpaired) electrons. The van der Waals surface area contributed by atoms with Gasteiger partial charge in [-0.05, 0) is 32.2 Å². The first-order chi connectivity index (χ1) is 6.38. The summed E-state index contributed by atoms with van der Waals surface area (Å²) in [4.78, 5) is 2.61. The minimum absolute atomic E-state index is 0.797. The maximum absolute atomic E-state index is 3.48. The van der Waals surface area contributed by atoms with Crippen LogP contribution in [0.3, 0.4) is 0 Å². The van der Waals surface area contributed by atoms with Gasteiger partial charge in [-0.2, -0.15) is 11.8 Å². The summed E-state index contributed by atoms with van der Waals surface area (Å²) in [6.07, 6.45) is 4.92. The van der Waals surface area contributed by atoms with E-state index in [1.807, 2.05) is 11.8 Å². The number of nitrogens with one attached hydrogen (secondary N) is 1. The summed E-state index contributed by atoms with van der Waals surface area (Å²) in [6.45, 7) is 7.14. The second-order valence-corrected chi connectivity index (χ2v) is 4.61. The number of nitrogens with zero attached hydrogens (tertiary/aromatic N) is 1. The van der Waals surface area contributed by atoms with E-state index in [2.05, 4.69) is 23.4 Å². The molecule has 0 spiro atoms. The van der Waals surface area contributed by atoms with Gasteiger partial charge in [-0.1, -0.05) is 6.92 Å². The van der Waals surface area contributed by atoms with Crippen molar-refractivity contribution in [1.82, 2.24) is 10.2 Å². The second-order valence-electron chi connectivity index (χ2n) is 3.62. The molecule has 1 aliphatic heterocycles. The molecule has 1 rings (SSSR count). The third kappa shape index (κ3) is 3.88. The lowest BCUT2D eigenvalue weighted by atomic mass is 10.1. The molecule has 1 fully saturated rings. The molecule has 78 valence electrons. The van der Waals surface area contributed by atoms with E-state index in [4.69, 9.17) is 0 Å². The summed E-state index contributed by atoms with van der Waals surface area (Å²) in [5.74, 6) is 1.27. The van der Waals surface area contributed by atoms with Crippen molar-refractivity contribution in [1.29, 1.82) is 0 Å². The molecule has 2 nitrogen and oxygen atoms in total. The summed E-state index contributed by atoms with van der Waals surface area (Å²) < 4.78 is 0. The van der Waals surface area contributed by atoms with Gasteiger partial charge in [0.05, 0.1) is 0 Å². The zero-order chi connectivity index (χ0) is 9.52. The Labute approximate surface area is 86.5 Å². The molecule has 0 saturated carbocycles. The Morgan fingerprint density at radius 1 is 1.54 bits per heavy atom. The lowest BCUT2D eigenvalue weighted by molar-refractivity contribution is 0.184. The summed E-state index contributed by atoms with van der Waals surface area (Å²) in [5.41, 5.74) is 0. The molecule has 0 amide bonds. The van der Waals surface area contributed by atoms with E-state index in [9.17, 15) is 0 Å². The smallest absolute Gasteiger partial charge is 0.0221 e. The van der Waals surface area contributed by atoms with Gasteiger partial charge in [-0.15, -0.1) is 0 Å². The standard InChI is InChI=1S/C10H22N2S/c1-3-12(7-8-13-2)10-5-4-6-11-9-10/h10-11H,3-9H2,1-2H3. The van der Waals surface area contributed by atoms with E-state index in [-0.39, 0.29) is 0 Å². The molecule has 0 aromatic rings. The van der Waals surface area contributed by atoms with Crippen molar-refractivity contribution in [3.05, 3.63) is 0 Å². The summed E-state index contributed by atoms with van der Waals surface area (Å²) in [5, 5.41) is 3.48. The van der Waals surface area contributed by atoms with Crippen LogP contribution in [0.2, 0.25) is 0 Å². The lowest BCUT2D eigenvalue weighted by Gasteiger charge is -2.33. The van der Waals surface area contributed by atoms with Crippen LogP contribution in [0.4, 0.5) is 0 Å². The van der Waals surface area contributed by atoms with Gasteiger partial charge in [0, 0.05) is 24.9 Å². The average Bonchev–Trinajstić information content (AvgIpc) is 2.21. The van der Waals surface area contributed by atoms with E-state index in [1.54, 1.807) is 0 Å². The first-order valence-corrected chi connectivity index (χ1v) is 6.71. The SMILES string of the molecule is CCN(CCSC)C1CCCNC1. The fourth-order valence-electron chi connectivity index (χ4n) is 1.95. The van der Waals surface area contributed by atoms with Crippen molar-refractivity contribution in [2.75, 3.05) is 38.2 Å². The van der Waals surface area contributed by atoms with Crippen LogP contribution < -0.4 is 5.32 Å². The van der Waals surface area contributed by atoms with Crippen molar-refractivity contribution in [2.45, 2.75) is 25.8 Å². The Balaban J connectivity index is 2.26. The number of thioether (sulfide) groups is 1. The zero-order valence-corrected chi connectivity index (χ0v) is 9.70. The molecule has 1 atom stereocenters. The Morgan fingerprint density at radius 2 is 2.38 bits per heavy atom. The van der Waals surface area contributed by atoms with Gasteiger partial charge in [0.15, 0.2) is 0 Å². The molecule has 3 heteroatoms. The Bertz CT molecular complexity index is 124. The molecule has 0 aliphatic carbocycles. The van der Waals surface area contributed by atoms with Crippen molar-refractivity contribution < 1.29 is 0 Å². The van der Waals surface area contributed by atoms with Crippen molar-refractivity contribution in [2.24, 2.45) is 0 Å². The Kier molecular flexibility index (Phi) is 5.83. The number of rotatable bonds is 5. The minimum Gasteiger partial charge on any atom is -0.315 e. The van der Waals surface area contributed by atoms with Gasteiger partial charge in [-0.25, -0.2) is 0 Å². The highest BCUT2D eigenvalue weighted by molar-refractivity contribution is 7.98. The number of likely N-dealkylation sites (N-methyl/N-ethyl adjacent to an activating group) is 1. The van der Waals surface area contributed by atoms with Gasteiger partial charge in [0.2, 0.25) is 0 Å². The minimum atomic E-state index is 0.797. The molecule has 13 heavy (non-hydrogen) atoms. The van der Waals surface area contributed by atoms with Crippen LogP contribution >= 0.6 is 11.8 Å². The highest BCUT2D eigenvalue weighted by Crippen LogP contribution is 2.10. The van der Waals surface area contributed by atoms with Crippen molar-refractivity contribution in [3.8, 4) is 0 Å². The van der Waals surface area contributed by atoms with Gasteiger partial charge in [0.1, 0.15) is 0 Å². The van der Waals surface area contributed by atoms with Crippen LogP contribution in [-0.4, -0.2) is 49.1 Å². The fraction of sp³-hybridized carbons (Fsp3) is 1.00. The quantitative estimate of drug-likeness (QED) is 0.726. The molecule has 1 N–H and O–H groups in total. The van der Waals surface area contributed by atoms with Crippen molar-refractivity contribution in [3.63, 3.8) is 0 Å². The molecule has 1 unspecified atom stereocenters. The van der Waals surface area contributed by atoms with E-state index >= 15 is 0 Å². The highest BCUT2D eigenvalue weighted by atomic mass is 32.2. The Morgan fingerprint density at radius 3 is 2.92 bits per heavy atom. The van der Waals surface area contributed by atoms with Gasteiger partial charge >= 0.3 is 0 Å². The molecule has 1 saturated heterocycles. The lowest BCUT2D eigenvalue weighted by Crippen LogP contribution is -2.46. The monoisotopic (exact) mass is 202 g/mol. The molecule has 1 heterocycles. The Hall–Kier alpha value is 0.270. The third-order valence-corrected chi connectivity index (χ3v) is 3.37. The van der Waals surface area contributed by atoms with Gasteiger partial charge < -0.3 is 5.32 Å². The van der Waals surface area contributed by atoms with E-state index in [0.717, 1.165) is 6.04 Å². The number of hydrogen-bond acceptors (Lipinski definition) is 3. The van der Waals surface area contributed by atoms with Crippen LogP contribution in [0.1, 0.15) is 19.8 Å². The first-order valence-electron chi connectivity index (χ1n) is 5.32. The molecular formula is C10H22N2S. The topological polar surface area (TPSA) is 15.3 Å². The summed E-state index contributed by atoms with van der Waals surface area (Å²) in [6, 6.07) is 0.797. The van der Waals surface area contributed by atoms with Crippen LogP contribution in [-0.2, 0) is 0 Å². The third-order valence-electron chi connectivity index (χ3n) is 2.78. The summed E-state index contributed by atoms with van der Waals surface area (Å²) in [7, 11) is 0. The van der Waals surface area contributed by atoms with Crippen LogP contribution in [0.25, 0.3) is 0 Å². The average molecular weight is 202 g/mol. The number of piperidine rings is 1. The fourth-order valence-corrected chi connectivity index (χ4v) is 2.37.